The zero-order chi connectivity index (χ0) is 12.8. The van der Waals surface area contributed by atoms with Gasteiger partial charge in [0, 0.05) is 6.54 Å². The van der Waals surface area contributed by atoms with Gasteiger partial charge in [0.1, 0.15) is 12.4 Å². The van der Waals surface area contributed by atoms with Crippen LogP contribution in [0.25, 0.3) is 0 Å². The van der Waals surface area contributed by atoms with Crippen LogP contribution in [0.1, 0.15) is 13.8 Å². The van der Waals surface area contributed by atoms with E-state index in [1.54, 1.807) is 0 Å². The lowest BCUT2D eigenvalue weighted by Gasteiger charge is -2.21. The zero-order valence-corrected chi connectivity index (χ0v) is 10.1. The standard InChI is InChI=1S/C10H18N4O3/c1-3-12(4-2)7-10(15)8-13-6-9(5-11-13)14(16)17/h5-6,10,15H,3-4,7-8H2,1-2H3. The predicted octanol–water partition coefficient (Wildman–Crippen LogP) is 0.494. The first-order valence-corrected chi connectivity index (χ1v) is 5.64. The Kier molecular flexibility index (Phi) is 5.05. The van der Waals surface area contributed by atoms with Crippen LogP contribution in [0.5, 0.6) is 0 Å². The van der Waals surface area contributed by atoms with Crippen molar-refractivity contribution < 1.29 is 10.0 Å². The first kappa shape index (κ1) is 13.6. The lowest BCUT2D eigenvalue weighted by atomic mass is 10.3. The van der Waals surface area contributed by atoms with Crippen molar-refractivity contribution in [2.75, 3.05) is 19.6 Å². The molecule has 17 heavy (non-hydrogen) atoms. The Morgan fingerprint density at radius 3 is 2.71 bits per heavy atom. The lowest BCUT2D eigenvalue weighted by Crippen LogP contribution is -2.34. The maximum absolute atomic E-state index is 10.5. The van der Waals surface area contributed by atoms with E-state index in [0.29, 0.717) is 6.54 Å². The lowest BCUT2D eigenvalue weighted by molar-refractivity contribution is -0.385. The van der Waals surface area contributed by atoms with Crippen molar-refractivity contribution in [2.45, 2.75) is 26.5 Å². The Hall–Kier alpha value is -1.47. The number of rotatable bonds is 7. The van der Waals surface area contributed by atoms with Crippen LogP contribution in [0.2, 0.25) is 0 Å². The molecule has 96 valence electrons. The van der Waals surface area contributed by atoms with E-state index in [-0.39, 0.29) is 12.2 Å². The van der Waals surface area contributed by atoms with Crippen LogP contribution < -0.4 is 0 Å². The van der Waals surface area contributed by atoms with E-state index in [9.17, 15) is 15.2 Å². The molecule has 0 aliphatic rings. The van der Waals surface area contributed by atoms with Gasteiger partial charge >= 0.3 is 5.69 Å². The predicted molar refractivity (Wildman–Crippen MR) is 62.7 cm³/mol. The van der Waals surface area contributed by atoms with E-state index in [2.05, 4.69) is 10.00 Å². The fraction of sp³-hybridized carbons (Fsp3) is 0.700. The minimum Gasteiger partial charge on any atom is -0.390 e. The number of aromatic nitrogens is 2. The summed E-state index contributed by atoms with van der Waals surface area (Å²) in [6.45, 7) is 6.59. The number of nitro groups is 1. The Bertz CT molecular complexity index is 362. The maximum Gasteiger partial charge on any atom is 0.306 e. The minimum atomic E-state index is -0.575. The highest BCUT2D eigenvalue weighted by Crippen LogP contribution is 2.08. The van der Waals surface area contributed by atoms with Crippen molar-refractivity contribution in [3.63, 3.8) is 0 Å². The molecule has 1 aromatic rings. The summed E-state index contributed by atoms with van der Waals surface area (Å²) < 4.78 is 1.40. The molecule has 1 heterocycles. The van der Waals surface area contributed by atoms with Crippen molar-refractivity contribution in [1.29, 1.82) is 0 Å². The molecule has 7 heteroatoms. The molecule has 0 bridgehead atoms. The van der Waals surface area contributed by atoms with Gasteiger partial charge in [-0.05, 0) is 13.1 Å². The normalized spacial score (nSPS) is 12.9. The largest absolute Gasteiger partial charge is 0.390 e. The first-order chi connectivity index (χ1) is 8.06. The topological polar surface area (TPSA) is 84.4 Å². The fourth-order valence-electron chi connectivity index (χ4n) is 1.60. The molecule has 7 nitrogen and oxygen atoms in total. The van der Waals surface area contributed by atoms with Gasteiger partial charge in [0.15, 0.2) is 0 Å². The Labute approximate surface area is 99.8 Å². The first-order valence-electron chi connectivity index (χ1n) is 5.64. The highest BCUT2D eigenvalue weighted by Gasteiger charge is 2.13. The van der Waals surface area contributed by atoms with Crippen LogP contribution in [-0.4, -0.2) is 50.4 Å². The molecule has 0 radical (unpaired) electrons. The number of hydrogen-bond acceptors (Lipinski definition) is 5. The summed E-state index contributed by atoms with van der Waals surface area (Å²) in [5, 5.41) is 24.1. The van der Waals surface area contributed by atoms with Gasteiger partial charge in [-0.3, -0.25) is 14.8 Å². The fourth-order valence-corrected chi connectivity index (χ4v) is 1.60. The summed E-state index contributed by atoms with van der Waals surface area (Å²) in [5.41, 5.74) is -0.0555. The second-order valence-electron chi connectivity index (χ2n) is 3.82. The van der Waals surface area contributed by atoms with Gasteiger partial charge in [0.25, 0.3) is 0 Å². The number of likely N-dealkylation sites (N-methyl/N-ethyl adjacent to an activating group) is 1. The summed E-state index contributed by atoms with van der Waals surface area (Å²) >= 11 is 0. The van der Waals surface area contributed by atoms with Crippen LogP contribution in [0.4, 0.5) is 5.69 Å². The van der Waals surface area contributed by atoms with E-state index in [0.717, 1.165) is 13.1 Å². The Morgan fingerprint density at radius 1 is 1.59 bits per heavy atom. The number of nitrogens with zero attached hydrogens (tertiary/aromatic N) is 4. The van der Waals surface area contributed by atoms with E-state index < -0.39 is 11.0 Å². The van der Waals surface area contributed by atoms with Crippen LogP contribution in [0.15, 0.2) is 12.4 Å². The molecule has 0 fully saturated rings. The van der Waals surface area contributed by atoms with Crippen molar-refractivity contribution in [1.82, 2.24) is 14.7 Å². The highest BCUT2D eigenvalue weighted by molar-refractivity contribution is 5.20. The number of aliphatic hydroxyl groups is 1. The smallest absolute Gasteiger partial charge is 0.306 e. The molecule has 0 amide bonds. The summed E-state index contributed by atoms with van der Waals surface area (Å²) in [4.78, 5) is 12.0. The molecule has 0 aliphatic carbocycles. The summed E-state index contributed by atoms with van der Waals surface area (Å²) in [7, 11) is 0. The summed E-state index contributed by atoms with van der Waals surface area (Å²) in [5.74, 6) is 0. The molecule has 0 aromatic carbocycles. The van der Waals surface area contributed by atoms with Crippen LogP contribution in [0, 0.1) is 10.1 Å². The van der Waals surface area contributed by atoms with Crippen LogP contribution in [-0.2, 0) is 6.54 Å². The monoisotopic (exact) mass is 242 g/mol. The Morgan fingerprint density at radius 2 is 2.24 bits per heavy atom. The molecule has 0 aliphatic heterocycles. The molecule has 1 atom stereocenters. The van der Waals surface area contributed by atoms with Crippen LogP contribution >= 0.6 is 0 Å². The van der Waals surface area contributed by atoms with Crippen molar-refractivity contribution in [3.05, 3.63) is 22.5 Å². The molecule has 1 unspecified atom stereocenters. The minimum absolute atomic E-state index is 0.0555. The SMILES string of the molecule is CCN(CC)CC(O)Cn1cc([N+](=O)[O-])cn1. The average Bonchev–Trinajstić information content (AvgIpc) is 2.74. The van der Waals surface area contributed by atoms with E-state index >= 15 is 0 Å². The van der Waals surface area contributed by atoms with Gasteiger partial charge in [-0.2, -0.15) is 5.10 Å². The van der Waals surface area contributed by atoms with Gasteiger partial charge < -0.3 is 10.0 Å². The van der Waals surface area contributed by atoms with Gasteiger partial charge in [-0.1, -0.05) is 13.8 Å². The molecule has 1 aromatic heterocycles. The third-order valence-electron chi connectivity index (χ3n) is 2.59. The third-order valence-corrected chi connectivity index (χ3v) is 2.59. The average molecular weight is 242 g/mol. The maximum atomic E-state index is 10.5. The molecule has 1 N–H and O–H groups in total. The molecule has 1 rings (SSSR count). The van der Waals surface area contributed by atoms with Crippen molar-refractivity contribution in [2.24, 2.45) is 0 Å². The molecular weight excluding hydrogens is 224 g/mol. The number of hydrogen-bond donors (Lipinski definition) is 1. The second kappa shape index (κ2) is 6.31. The van der Waals surface area contributed by atoms with Gasteiger partial charge in [0.05, 0.1) is 17.6 Å². The number of aliphatic hydroxyl groups excluding tert-OH is 1. The second-order valence-corrected chi connectivity index (χ2v) is 3.82. The van der Waals surface area contributed by atoms with Gasteiger partial charge in [-0.15, -0.1) is 0 Å². The van der Waals surface area contributed by atoms with Crippen LogP contribution in [0.3, 0.4) is 0 Å². The van der Waals surface area contributed by atoms with E-state index in [4.69, 9.17) is 0 Å². The zero-order valence-electron chi connectivity index (χ0n) is 10.1. The van der Waals surface area contributed by atoms with Crippen molar-refractivity contribution >= 4 is 5.69 Å². The summed E-state index contributed by atoms with van der Waals surface area (Å²) in [6, 6.07) is 0. The molecular formula is C10H18N4O3. The van der Waals surface area contributed by atoms with E-state index in [1.807, 2.05) is 13.8 Å². The third kappa shape index (κ3) is 4.12. The summed E-state index contributed by atoms with van der Waals surface area (Å²) in [6.07, 6.45) is 1.93. The molecule has 0 saturated carbocycles. The molecule has 0 saturated heterocycles. The Balaban J connectivity index is 2.49. The van der Waals surface area contributed by atoms with Gasteiger partial charge in [0.2, 0.25) is 0 Å². The molecule has 0 spiro atoms. The van der Waals surface area contributed by atoms with E-state index in [1.165, 1.54) is 17.1 Å². The quantitative estimate of drug-likeness (QED) is 0.555. The highest BCUT2D eigenvalue weighted by atomic mass is 16.6. The van der Waals surface area contributed by atoms with Gasteiger partial charge in [-0.25, -0.2) is 0 Å². The van der Waals surface area contributed by atoms with Crippen molar-refractivity contribution in [3.8, 4) is 0 Å².